The van der Waals surface area contributed by atoms with Crippen LogP contribution in [0.4, 0.5) is 17.6 Å². The van der Waals surface area contributed by atoms with E-state index < -0.39 is 29.2 Å². The summed E-state index contributed by atoms with van der Waals surface area (Å²) in [6.07, 6.45) is -2.61. The van der Waals surface area contributed by atoms with Crippen LogP contribution in [0.2, 0.25) is 0 Å². The number of nitrogens with one attached hydrogen (secondary N) is 1. The van der Waals surface area contributed by atoms with Crippen LogP contribution < -0.4 is 10.9 Å². The van der Waals surface area contributed by atoms with Gasteiger partial charge in [-0.15, -0.1) is 0 Å². The van der Waals surface area contributed by atoms with Crippen molar-refractivity contribution in [2.45, 2.75) is 12.7 Å². The lowest BCUT2D eigenvalue weighted by Gasteiger charge is -2.10. The molecule has 23 heavy (non-hydrogen) atoms. The van der Waals surface area contributed by atoms with Crippen LogP contribution in [0.15, 0.2) is 35.4 Å². The van der Waals surface area contributed by atoms with Crippen molar-refractivity contribution < 1.29 is 22.4 Å². The van der Waals surface area contributed by atoms with Gasteiger partial charge < -0.3 is 5.32 Å². The molecule has 0 unspecified atom stereocenters. The van der Waals surface area contributed by atoms with Crippen LogP contribution >= 0.6 is 0 Å². The molecular formula is C13H10F4N4O2. The first kappa shape index (κ1) is 16.6. The van der Waals surface area contributed by atoms with Crippen LogP contribution in [0.5, 0.6) is 0 Å². The van der Waals surface area contributed by atoms with E-state index in [1.54, 1.807) is 0 Å². The fraction of sp³-hybridized carbons (Fsp3) is 0.231. The summed E-state index contributed by atoms with van der Waals surface area (Å²) in [5, 5.41) is 5.46. The van der Waals surface area contributed by atoms with E-state index in [-0.39, 0.29) is 18.7 Å². The first-order valence-electron chi connectivity index (χ1n) is 6.32. The molecule has 0 spiro atoms. The monoisotopic (exact) mass is 330 g/mol. The number of alkyl halides is 3. The zero-order valence-corrected chi connectivity index (χ0v) is 11.5. The van der Waals surface area contributed by atoms with Gasteiger partial charge >= 0.3 is 6.18 Å². The Morgan fingerprint density at radius 1 is 1.26 bits per heavy atom. The van der Waals surface area contributed by atoms with Gasteiger partial charge in [-0.3, -0.25) is 14.6 Å². The van der Waals surface area contributed by atoms with Crippen LogP contribution in [0, 0.1) is 5.82 Å². The van der Waals surface area contributed by atoms with Gasteiger partial charge in [-0.2, -0.15) is 18.3 Å². The third-order valence-electron chi connectivity index (χ3n) is 2.78. The van der Waals surface area contributed by atoms with Gasteiger partial charge in [0.2, 0.25) is 0 Å². The molecule has 0 aliphatic carbocycles. The molecule has 0 bridgehead atoms. The van der Waals surface area contributed by atoms with Crippen LogP contribution in [0.25, 0.3) is 0 Å². The zero-order chi connectivity index (χ0) is 17.0. The maximum Gasteiger partial charge on any atom is 0.435 e. The number of rotatable bonds is 4. The van der Waals surface area contributed by atoms with Gasteiger partial charge in [0.15, 0.2) is 11.5 Å². The summed E-state index contributed by atoms with van der Waals surface area (Å²) in [7, 11) is 0. The molecule has 2 aromatic rings. The van der Waals surface area contributed by atoms with E-state index in [9.17, 15) is 27.2 Å². The van der Waals surface area contributed by atoms with Crippen molar-refractivity contribution in [3.63, 3.8) is 0 Å². The molecule has 0 aliphatic heterocycles. The molecule has 2 rings (SSSR count). The van der Waals surface area contributed by atoms with Crippen molar-refractivity contribution in [3.05, 3.63) is 58.0 Å². The summed E-state index contributed by atoms with van der Waals surface area (Å²) in [4.78, 5) is 26.6. The van der Waals surface area contributed by atoms with Crippen molar-refractivity contribution in [3.8, 4) is 0 Å². The molecule has 2 heterocycles. The molecule has 2 aromatic heterocycles. The second-order valence-electron chi connectivity index (χ2n) is 4.39. The van der Waals surface area contributed by atoms with Gasteiger partial charge in [0.05, 0.1) is 18.3 Å². The number of carbonyl (C=O) groups is 1. The first-order valence-corrected chi connectivity index (χ1v) is 6.32. The fourth-order valence-corrected chi connectivity index (χ4v) is 1.69. The number of halogens is 4. The second-order valence-corrected chi connectivity index (χ2v) is 4.39. The Morgan fingerprint density at radius 2 is 2.00 bits per heavy atom. The van der Waals surface area contributed by atoms with Crippen molar-refractivity contribution in [1.82, 2.24) is 20.1 Å². The average molecular weight is 330 g/mol. The van der Waals surface area contributed by atoms with Gasteiger partial charge in [0, 0.05) is 18.8 Å². The van der Waals surface area contributed by atoms with E-state index in [1.165, 1.54) is 6.20 Å². The van der Waals surface area contributed by atoms with E-state index in [0.717, 1.165) is 18.3 Å². The predicted molar refractivity (Wildman–Crippen MR) is 70.0 cm³/mol. The average Bonchev–Trinajstić information content (AvgIpc) is 2.48. The largest absolute Gasteiger partial charge is 0.435 e. The lowest BCUT2D eigenvalue weighted by molar-refractivity contribution is -0.142. The molecule has 0 saturated carbocycles. The molecule has 1 amide bonds. The lowest BCUT2D eigenvalue weighted by Crippen LogP contribution is -2.33. The highest BCUT2D eigenvalue weighted by Gasteiger charge is 2.33. The Morgan fingerprint density at radius 3 is 2.65 bits per heavy atom. The molecule has 0 aromatic carbocycles. The standard InChI is InChI=1S/C13H10F4N4O2/c14-9-7-18-4-3-8(9)12(23)19-5-6-21-11(22)2-1-10(20-21)13(15,16)17/h1-4,7H,5-6H2,(H,19,23). The summed E-state index contributed by atoms with van der Waals surface area (Å²) < 4.78 is 51.5. The number of carbonyl (C=O) groups excluding carboxylic acids is 1. The van der Waals surface area contributed by atoms with Crippen molar-refractivity contribution in [2.24, 2.45) is 0 Å². The number of pyridine rings is 1. The van der Waals surface area contributed by atoms with Gasteiger partial charge in [0.25, 0.3) is 11.5 Å². The maximum absolute atomic E-state index is 13.3. The van der Waals surface area contributed by atoms with Crippen molar-refractivity contribution in [1.29, 1.82) is 0 Å². The minimum atomic E-state index is -4.68. The predicted octanol–water partition coefficient (Wildman–Crippen LogP) is 1.23. The van der Waals surface area contributed by atoms with E-state index in [2.05, 4.69) is 15.4 Å². The molecule has 6 nitrogen and oxygen atoms in total. The Balaban J connectivity index is 2.03. The highest BCUT2D eigenvalue weighted by molar-refractivity contribution is 5.94. The lowest BCUT2D eigenvalue weighted by atomic mass is 10.2. The minimum absolute atomic E-state index is 0.200. The van der Waals surface area contributed by atoms with Gasteiger partial charge in [-0.05, 0) is 12.1 Å². The number of aromatic nitrogens is 3. The number of nitrogens with zero attached hydrogens (tertiary/aromatic N) is 3. The fourth-order valence-electron chi connectivity index (χ4n) is 1.69. The maximum atomic E-state index is 13.3. The van der Waals surface area contributed by atoms with E-state index in [0.29, 0.717) is 10.7 Å². The molecule has 0 aliphatic rings. The molecule has 0 radical (unpaired) electrons. The van der Waals surface area contributed by atoms with E-state index >= 15 is 0 Å². The quantitative estimate of drug-likeness (QED) is 0.856. The van der Waals surface area contributed by atoms with Gasteiger partial charge in [-0.1, -0.05) is 0 Å². The Bertz CT molecular complexity index is 773. The second kappa shape index (κ2) is 6.55. The zero-order valence-electron chi connectivity index (χ0n) is 11.5. The smallest absolute Gasteiger partial charge is 0.350 e. The summed E-state index contributed by atoms with van der Waals surface area (Å²) in [6.45, 7) is -0.490. The highest BCUT2D eigenvalue weighted by Crippen LogP contribution is 2.26. The van der Waals surface area contributed by atoms with Gasteiger partial charge in [0.1, 0.15) is 0 Å². The van der Waals surface area contributed by atoms with E-state index in [1.807, 2.05) is 0 Å². The van der Waals surface area contributed by atoms with Crippen LogP contribution in [-0.2, 0) is 12.7 Å². The molecular weight excluding hydrogens is 320 g/mol. The topological polar surface area (TPSA) is 76.9 Å². The number of hydrogen-bond donors (Lipinski definition) is 1. The summed E-state index contributed by atoms with van der Waals surface area (Å²) >= 11 is 0. The Hall–Kier alpha value is -2.78. The summed E-state index contributed by atoms with van der Waals surface area (Å²) in [5.74, 6) is -1.61. The molecule has 0 fully saturated rings. The Labute approximate surface area is 126 Å². The highest BCUT2D eigenvalue weighted by atomic mass is 19.4. The third-order valence-corrected chi connectivity index (χ3v) is 2.78. The molecule has 0 saturated heterocycles. The molecule has 1 N–H and O–H groups in total. The summed E-state index contributed by atoms with van der Waals surface area (Å²) in [6, 6.07) is 2.46. The van der Waals surface area contributed by atoms with E-state index in [4.69, 9.17) is 0 Å². The van der Waals surface area contributed by atoms with Crippen LogP contribution in [-0.4, -0.2) is 27.2 Å². The molecule has 122 valence electrons. The van der Waals surface area contributed by atoms with Gasteiger partial charge in [-0.25, -0.2) is 9.07 Å². The minimum Gasteiger partial charge on any atom is -0.350 e. The normalized spacial score (nSPS) is 11.3. The number of amides is 1. The molecule has 0 atom stereocenters. The number of hydrogen-bond acceptors (Lipinski definition) is 4. The third kappa shape index (κ3) is 4.11. The van der Waals surface area contributed by atoms with Crippen molar-refractivity contribution >= 4 is 5.91 Å². The van der Waals surface area contributed by atoms with Crippen LogP contribution in [0.3, 0.4) is 0 Å². The Kier molecular flexibility index (Phi) is 4.72. The van der Waals surface area contributed by atoms with Crippen LogP contribution in [0.1, 0.15) is 16.1 Å². The molecule has 10 heteroatoms. The first-order chi connectivity index (χ1) is 10.8. The van der Waals surface area contributed by atoms with Crippen molar-refractivity contribution in [2.75, 3.05) is 6.54 Å². The SMILES string of the molecule is O=C(NCCn1nc(C(F)(F)F)ccc1=O)c1ccncc1F. The summed E-state index contributed by atoms with van der Waals surface area (Å²) in [5.41, 5.74) is -2.23.